The molecule has 0 bridgehead atoms. The average Bonchev–Trinajstić information content (AvgIpc) is 2.44. The van der Waals surface area contributed by atoms with Crippen molar-refractivity contribution in [3.63, 3.8) is 0 Å². The number of amides is 1. The van der Waals surface area contributed by atoms with E-state index in [1.165, 1.54) is 0 Å². The highest BCUT2D eigenvalue weighted by Crippen LogP contribution is 2.24. The standard InChI is InChI=1S/C10H17NO5/c1-10(2,3)16-6-4-7(8(12)13)11(5-6)9(14)15/h6-7H,4-5H2,1-3H3,(H,12,13)(H,14,15). The van der Waals surface area contributed by atoms with E-state index < -0.39 is 23.7 Å². The van der Waals surface area contributed by atoms with Gasteiger partial charge in [-0.3, -0.25) is 4.90 Å². The minimum absolute atomic E-state index is 0.115. The molecule has 0 aromatic rings. The second-order valence-corrected chi connectivity index (χ2v) is 4.88. The molecule has 2 unspecified atom stereocenters. The van der Waals surface area contributed by atoms with E-state index in [1.54, 1.807) is 0 Å². The van der Waals surface area contributed by atoms with Crippen molar-refractivity contribution in [3.8, 4) is 0 Å². The molecule has 16 heavy (non-hydrogen) atoms. The van der Waals surface area contributed by atoms with Gasteiger partial charge in [0.15, 0.2) is 0 Å². The van der Waals surface area contributed by atoms with Gasteiger partial charge in [0.2, 0.25) is 0 Å². The molecule has 1 heterocycles. The summed E-state index contributed by atoms with van der Waals surface area (Å²) in [5.41, 5.74) is -0.401. The first-order valence-electron chi connectivity index (χ1n) is 5.11. The van der Waals surface area contributed by atoms with E-state index >= 15 is 0 Å². The number of nitrogens with zero attached hydrogens (tertiary/aromatic N) is 1. The lowest BCUT2D eigenvalue weighted by atomic mass is 10.1. The number of carboxylic acids is 1. The Balaban J connectivity index is 2.69. The van der Waals surface area contributed by atoms with Crippen LogP contribution in [-0.4, -0.2) is 51.5 Å². The summed E-state index contributed by atoms with van der Waals surface area (Å²) in [5.74, 6) is -1.12. The molecule has 0 aliphatic carbocycles. The summed E-state index contributed by atoms with van der Waals surface area (Å²) in [6.07, 6.45) is -1.36. The number of hydrogen-bond donors (Lipinski definition) is 2. The molecule has 92 valence electrons. The fourth-order valence-corrected chi connectivity index (χ4v) is 1.83. The van der Waals surface area contributed by atoms with E-state index in [9.17, 15) is 9.59 Å². The molecule has 6 nitrogen and oxygen atoms in total. The molecule has 2 atom stereocenters. The van der Waals surface area contributed by atoms with Gasteiger partial charge in [-0.25, -0.2) is 9.59 Å². The van der Waals surface area contributed by atoms with Gasteiger partial charge in [-0.15, -0.1) is 0 Å². The number of rotatable bonds is 2. The summed E-state index contributed by atoms with van der Waals surface area (Å²) in [6.45, 7) is 5.67. The SMILES string of the molecule is CC(C)(C)OC1CC(C(=O)O)N(C(=O)O)C1. The number of aliphatic carboxylic acids is 1. The van der Waals surface area contributed by atoms with Crippen molar-refractivity contribution in [1.82, 2.24) is 4.90 Å². The third-order valence-electron chi connectivity index (χ3n) is 2.31. The van der Waals surface area contributed by atoms with Crippen LogP contribution in [0.25, 0.3) is 0 Å². The van der Waals surface area contributed by atoms with Gasteiger partial charge in [-0.05, 0) is 20.8 Å². The summed E-state index contributed by atoms with van der Waals surface area (Å²) in [4.78, 5) is 22.6. The zero-order valence-electron chi connectivity index (χ0n) is 9.64. The predicted octanol–water partition coefficient (Wildman–Crippen LogP) is 1.01. The molecule has 2 N–H and O–H groups in total. The lowest BCUT2D eigenvalue weighted by Gasteiger charge is -2.24. The van der Waals surface area contributed by atoms with Gasteiger partial charge in [0.1, 0.15) is 6.04 Å². The fourth-order valence-electron chi connectivity index (χ4n) is 1.83. The van der Waals surface area contributed by atoms with Crippen molar-refractivity contribution in [2.75, 3.05) is 6.54 Å². The van der Waals surface area contributed by atoms with Crippen LogP contribution < -0.4 is 0 Å². The molecule has 1 saturated heterocycles. The molecule has 0 radical (unpaired) electrons. The molecule has 1 rings (SSSR count). The largest absolute Gasteiger partial charge is 0.480 e. The molecule has 1 fully saturated rings. The van der Waals surface area contributed by atoms with Crippen molar-refractivity contribution in [2.45, 2.75) is 44.9 Å². The first kappa shape index (κ1) is 12.8. The molecule has 6 heteroatoms. The first-order chi connectivity index (χ1) is 7.20. The predicted molar refractivity (Wildman–Crippen MR) is 55.4 cm³/mol. The minimum Gasteiger partial charge on any atom is -0.480 e. The molecule has 1 amide bonds. The van der Waals surface area contributed by atoms with Crippen molar-refractivity contribution in [2.24, 2.45) is 0 Å². The van der Waals surface area contributed by atoms with Gasteiger partial charge in [-0.1, -0.05) is 0 Å². The Morgan fingerprint density at radius 2 is 1.88 bits per heavy atom. The van der Waals surface area contributed by atoms with E-state index in [-0.39, 0.29) is 19.1 Å². The van der Waals surface area contributed by atoms with E-state index in [0.29, 0.717) is 0 Å². The van der Waals surface area contributed by atoms with Crippen molar-refractivity contribution in [1.29, 1.82) is 0 Å². The van der Waals surface area contributed by atoms with E-state index in [0.717, 1.165) is 4.90 Å². The fraction of sp³-hybridized carbons (Fsp3) is 0.800. The van der Waals surface area contributed by atoms with E-state index in [4.69, 9.17) is 14.9 Å². The summed E-state index contributed by atoms with van der Waals surface area (Å²) < 4.78 is 5.59. The summed E-state index contributed by atoms with van der Waals surface area (Å²) >= 11 is 0. The zero-order chi connectivity index (χ0) is 12.5. The highest BCUT2D eigenvalue weighted by molar-refractivity contribution is 5.80. The normalized spacial score (nSPS) is 25.8. The van der Waals surface area contributed by atoms with Gasteiger partial charge in [0.25, 0.3) is 0 Å². The van der Waals surface area contributed by atoms with E-state index in [1.807, 2.05) is 20.8 Å². The monoisotopic (exact) mass is 231 g/mol. The number of ether oxygens (including phenoxy) is 1. The second kappa shape index (κ2) is 4.29. The Hall–Kier alpha value is -1.30. The van der Waals surface area contributed by atoms with Crippen LogP contribution in [0, 0.1) is 0 Å². The molecule has 1 aliphatic heterocycles. The maximum Gasteiger partial charge on any atom is 0.408 e. The summed E-state index contributed by atoms with van der Waals surface area (Å²) in [6, 6.07) is -0.996. The van der Waals surface area contributed by atoms with Crippen LogP contribution in [0.3, 0.4) is 0 Å². The third-order valence-corrected chi connectivity index (χ3v) is 2.31. The second-order valence-electron chi connectivity index (χ2n) is 4.88. The van der Waals surface area contributed by atoms with Gasteiger partial charge in [0, 0.05) is 6.42 Å². The minimum atomic E-state index is -1.22. The van der Waals surface area contributed by atoms with Crippen LogP contribution in [0.4, 0.5) is 4.79 Å². The highest BCUT2D eigenvalue weighted by Gasteiger charge is 2.41. The van der Waals surface area contributed by atoms with Crippen LogP contribution in [0.1, 0.15) is 27.2 Å². The summed E-state index contributed by atoms with van der Waals surface area (Å²) in [7, 11) is 0. The van der Waals surface area contributed by atoms with Crippen LogP contribution in [0.2, 0.25) is 0 Å². The van der Waals surface area contributed by atoms with Gasteiger partial charge >= 0.3 is 12.1 Å². The molecule has 0 spiro atoms. The Morgan fingerprint density at radius 1 is 1.31 bits per heavy atom. The molecular weight excluding hydrogens is 214 g/mol. The van der Waals surface area contributed by atoms with Gasteiger partial charge in [-0.2, -0.15) is 0 Å². The van der Waals surface area contributed by atoms with Crippen molar-refractivity contribution < 1.29 is 24.5 Å². The zero-order valence-corrected chi connectivity index (χ0v) is 9.64. The number of carboxylic acid groups (broad SMARTS) is 2. The lowest BCUT2D eigenvalue weighted by Crippen LogP contribution is -2.39. The summed E-state index contributed by atoms with van der Waals surface area (Å²) in [5, 5.41) is 17.7. The maximum absolute atomic E-state index is 10.9. The molecule has 0 saturated carbocycles. The molecule has 1 aliphatic rings. The maximum atomic E-state index is 10.9. The van der Waals surface area contributed by atoms with Crippen LogP contribution in [0.5, 0.6) is 0 Å². The molecular formula is C10H17NO5. The molecule has 0 aromatic carbocycles. The van der Waals surface area contributed by atoms with Gasteiger partial charge < -0.3 is 14.9 Å². The highest BCUT2D eigenvalue weighted by atomic mass is 16.5. The van der Waals surface area contributed by atoms with Crippen LogP contribution in [-0.2, 0) is 9.53 Å². The number of likely N-dealkylation sites (tertiary alicyclic amines) is 1. The van der Waals surface area contributed by atoms with Crippen LogP contribution in [0.15, 0.2) is 0 Å². The van der Waals surface area contributed by atoms with Gasteiger partial charge in [0.05, 0.1) is 18.2 Å². The third kappa shape index (κ3) is 3.10. The average molecular weight is 231 g/mol. The van der Waals surface area contributed by atoms with E-state index in [2.05, 4.69) is 0 Å². The topological polar surface area (TPSA) is 87.1 Å². The number of carbonyl (C=O) groups is 2. The van der Waals surface area contributed by atoms with Crippen molar-refractivity contribution >= 4 is 12.1 Å². The Bertz CT molecular complexity index is 274. The first-order valence-corrected chi connectivity index (χ1v) is 5.11. The van der Waals surface area contributed by atoms with Crippen LogP contribution >= 0.6 is 0 Å². The Kier molecular flexibility index (Phi) is 3.42. The smallest absolute Gasteiger partial charge is 0.408 e. The lowest BCUT2D eigenvalue weighted by molar-refractivity contribution is -0.141. The quantitative estimate of drug-likeness (QED) is 0.740. The van der Waals surface area contributed by atoms with Crippen molar-refractivity contribution in [3.05, 3.63) is 0 Å². The Morgan fingerprint density at radius 3 is 2.19 bits per heavy atom. The number of hydrogen-bond acceptors (Lipinski definition) is 3. The molecule has 0 aromatic heterocycles. The Labute approximate surface area is 93.8 Å².